The fourth-order valence-corrected chi connectivity index (χ4v) is 3.24. The normalized spacial score (nSPS) is 24.1. The molecule has 0 aromatic carbocycles. The van der Waals surface area contributed by atoms with Crippen LogP contribution in [0.1, 0.15) is 29.1 Å². The van der Waals surface area contributed by atoms with Crippen molar-refractivity contribution in [3.8, 4) is 0 Å². The maximum absolute atomic E-state index is 9.87. The Bertz CT molecular complexity index is 526. The second kappa shape index (κ2) is 5.40. The summed E-state index contributed by atoms with van der Waals surface area (Å²) in [5.74, 6) is 1.27. The van der Waals surface area contributed by atoms with Gasteiger partial charge in [-0.15, -0.1) is 11.3 Å². The van der Waals surface area contributed by atoms with Gasteiger partial charge in [0.05, 0.1) is 12.1 Å². The Balaban J connectivity index is 1.68. The number of thiophene rings is 1. The van der Waals surface area contributed by atoms with Crippen LogP contribution in [0.5, 0.6) is 0 Å². The molecule has 19 heavy (non-hydrogen) atoms. The van der Waals surface area contributed by atoms with Gasteiger partial charge in [-0.05, 0) is 31.2 Å². The average Bonchev–Trinajstić information content (AvgIpc) is 3.07. The van der Waals surface area contributed by atoms with Crippen molar-refractivity contribution in [2.75, 3.05) is 13.1 Å². The van der Waals surface area contributed by atoms with Crippen molar-refractivity contribution < 1.29 is 9.63 Å². The van der Waals surface area contributed by atoms with Crippen LogP contribution >= 0.6 is 11.3 Å². The van der Waals surface area contributed by atoms with Crippen LogP contribution in [-0.2, 0) is 6.42 Å². The second-order valence-electron chi connectivity index (χ2n) is 4.91. The summed E-state index contributed by atoms with van der Waals surface area (Å²) in [6, 6.07) is 4.26. The number of rotatable bonds is 4. The molecule has 1 fully saturated rings. The third-order valence-electron chi connectivity index (χ3n) is 3.44. The lowest BCUT2D eigenvalue weighted by atomic mass is 10.2. The highest BCUT2D eigenvalue weighted by atomic mass is 32.1. The summed E-state index contributed by atoms with van der Waals surface area (Å²) in [6.07, 6.45) is 1.36. The van der Waals surface area contributed by atoms with Gasteiger partial charge in [-0.2, -0.15) is 4.98 Å². The van der Waals surface area contributed by atoms with Gasteiger partial charge in [0.15, 0.2) is 5.82 Å². The Morgan fingerprint density at radius 1 is 1.58 bits per heavy atom. The maximum atomic E-state index is 9.87. The molecule has 0 aliphatic carbocycles. The molecule has 0 saturated carbocycles. The standard InChI is InChI=1S/C13H17N3O2S/c1-9-14-13(18-15-9)12-7-10(17)8-16(12)5-4-11-3-2-6-19-11/h2-3,6,10,12,17H,4-5,7-8H2,1H3/t10-,12+/m0/s1. The first-order valence-corrected chi connectivity index (χ1v) is 7.35. The molecule has 102 valence electrons. The number of aliphatic hydroxyl groups is 1. The number of aryl methyl sites for hydroxylation is 1. The van der Waals surface area contributed by atoms with E-state index in [0.29, 0.717) is 24.7 Å². The van der Waals surface area contributed by atoms with E-state index in [4.69, 9.17) is 4.52 Å². The third-order valence-corrected chi connectivity index (χ3v) is 4.37. The Labute approximate surface area is 115 Å². The van der Waals surface area contributed by atoms with Crippen molar-refractivity contribution >= 4 is 11.3 Å². The van der Waals surface area contributed by atoms with E-state index in [1.807, 2.05) is 6.92 Å². The topological polar surface area (TPSA) is 62.4 Å². The summed E-state index contributed by atoms with van der Waals surface area (Å²) in [5.41, 5.74) is 0. The van der Waals surface area contributed by atoms with Gasteiger partial charge in [-0.25, -0.2) is 0 Å². The maximum Gasteiger partial charge on any atom is 0.244 e. The summed E-state index contributed by atoms with van der Waals surface area (Å²) in [4.78, 5) is 7.89. The first kappa shape index (κ1) is 12.8. The van der Waals surface area contributed by atoms with Gasteiger partial charge in [0.2, 0.25) is 5.89 Å². The Hall–Kier alpha value is -1.24. The van der Waals surface area contributed by atoms with E-state index in [1.54, 1.807) is 11.3 Å². The highest BCUT2D eigenvalue weighted by molar-refractivity contribution is 7.09. The molecule has 3 heterocycles. The highest BCUT2D eigenvalue weighted by Gasteiger charge is 2.35. The molecule has 3 rings (SSSR count). The lowest BCUT2D eigenvalue weighted by Crippen LogP contribution is -2.27. The Morgan fingerprint density at radius 3 is 3.16 bits per heavy atom. The number of aliphatic hydroxyl groups excluding tert-OH is 1. The van der Waals surface area contributed by atoms with Crippen molar-refractivity contribution in [3.05, 3.63) is 34.1 Å². The fraction of sp³-hybridized carbons (Fsp3) is 0.538. The minimum Gasteiger partial charge on any atom is -0.392 e. The molecular formula is C13H17N3O2S. The van der Waals surface area contributed by atoms with Crippen molar-refractivity contribution in [3.63, 3.8) is 0 Å². The van der Waals surface area contributed by atoms with Crippen molar-refractivity contribution in [2.24, 2.45) is 0 Å². The van der Waals surface area contributed by atoms with Gasteiger partial charge in [0, 0.05) is 18.0 Å². The summed E-state index contributed by atoms with van der Waals surface area (Å²) >= 11 is 1.77. The molecule has 1 saturated heterocycles. The van der Waals surface area contributed by atoms with Crippen LogP contribution in [0.2, 0.25) is 0 Å². The molecule has 0 unspecified atom stereocenters. The van der Waals surface area contributed by atoms with Crippen molar-refractivity contribution in [1.29, 1.82) is 0 Å². The SMILES string of the molecule is Cc1noc([C@H]2C[C@H](O)CN2CCc2cccs2)n1. The van der Waals surface area contributed by atoms with Crippen molar-refractivity contribution in [1.82, 2.24) is 15.0 Å². The molecule has 1 aliphatic heterocycles. The minimum atomic E-state index is -0.305. The lowest BCUT2D eigenvalue weighted by Gasteiger charge is -2.20. The van der Waals surface area contributed by atoms with Gasteiger partial charge >= 0.3 is 0 Å². The predicted octanol–water partition coefficient (Wildman–Crippen LogP) is 1.79. The Morgan fingerprint density at radius 2 is 2.47 bits per heavy atom. The van der Waals surface area contributed by atoms with Crippen LogP contribution in [0.4, 0.5) is 0 Å². The number of β-amino-alcohol motifs (C(OH)–C–C–N with tert-alkyl or cyclic N) is 1. The summed E-state index contributed by atoms with van der Waals surface area (Å²) < 4.78 is 5.25. The number of likely N-dealkylation sites (tertiary alicyclic amines) is 1. The van der Waals surface area contributed by atoms with Gasteiger partial charge in [-0.1, -0.05) is 11.2 Å². The quantitative estimate of drug-likeness (QED) is 0.924. The molecular weight excluding hydrogens is 262 g/mol. The first-order valence-electron chi connectivity index (χ1n) is 6.47. The molecule has 2 aromatic heterocycles. The monoisotopic (exact) mass is 279 g/mol. The Kier molecular flexibility index (Phi) is 3.63. The van der Waals surface area contributed by atoms with Crippen LogP contribution < -0.4 is 0 Å². The van der Waals surface area contributed by atoms with E-state index >= 15 is 0 Å². The number of hydrogen-bond acceptors (Lipinski definition) is 6. The lowest BCUT2D eigenvalue weighted by molar-refractivity contribution is 0.173. The fourth-order valence-electron chi connectivity index (χ4n) is 2.54. The second-order valence-corrected chi connectivity index (χ2v) is 5.94. The number of hydrogen-bond donors (Lipinski definition) is 1. The minimum absolute atomic E-state index is 0.0520. The molecule has 2 atom stereocenters. The smallest absolute Gasteiger partial charge is 0.244 e. The molecule has 2 aromatic rings. The first-order chi connectivity index (χ1) is 9.22. The van der Waals surface area contributed by atoms with Crippen LogP contribution in [-0.4, -0.2) is 39.3 Å². The van der Waals surface area contributed by atoms with Crippen molar-refractivity contribution in [2.45, 2.75) is 31.9 Å². The van der Waals surface area contributed by atoms with Gasteiger partial charge in [0.1, 0.15) is 0 Å². The van der Waals surface area contributed by atoms with E-state index < -0.39 is 0 Å². The average molecular weight is 279 g/mol. The van der Waals surface area contributed by atoms with E-state index in [9.17, 15) is 5.11 Å². The molecule has 0 radical (unpaired) electrons. The zero-order chi connectivity index (χ0) is 13.2. The van der Waals surface area contributed by atoms with E-state index in [0.717, 1.165) is 13.0 Å². The molecule has 1 aliphatic rings. The molecule has 0 bridgehead atoms. The van der Waals surface area contributed by atoms with E-state index in [-0.39, 0.29) is 12.1 Å². The molecule has 0 amide bonds. The third kappa shape index (κ3) is 2.86. The molecule has 5 nitrogen and oxygen atoms in total. The number of aromatic nitrogens is 2. The van der Waals surface area contributed by atoms with Crippen LogP contribution in [0.15, 0.2) is 22.0 Å². The highest BCUT2D eigenvalue weighted by Crippen LogP contribution is 2.31. The van der Waals surface area contributed by atoms with Gasteiger partial charge in [-0.3, -0.25) is 4.90 Å². The largest absolute Gasteiger partial charge is 0.392 e. The molecule has 1 N–H and O–H groups in total. The zero-order valence-corrected chi connectivity index (χ0v) is 11.6. The van der Waals surface area contributed by atoms with E-state index in [1.165, 1.54) is 4.88 Å². The van der Waals surface area contributed by atoms with Gasteiger partial charge < -0.3 is 9.63 Å². The summed E-state index contributed by atoms with van der Waals surface area (Å²) in [7, 11) is 0. The predicted molar refractivity (Wildman–Crippen MR) is 72.0 cm³/mol. The summed E-state index contributed by atoms with van der Waals surface area (Å²) in [5, 5.41) is 15.8. The number of nitrogens with zero attached hydrogens (tertiary/aromatic N) is 3. The van der Waals surface area contributed by atoms with Gasteiger partial charge in [0.25, 0.3) is 0 Å². The van der Waals surface area contributed by atoms with Crippen LogP contribution in [0.3, 0.4) is 0 Å². The molecule has 6 heteroatoms. The van der Waals surface area contributed by atoms with E-state index in [2.05, 4.69) is 32.6 Å². The summed E-state index contributed by atoms with van der Waals surface area (Å²) in [6.45, 7) is 3.40. The zero-order valence-electron chi connectivity index (χ0n) is 10.8. The molecule has 0 spiro atoms. The van der Waals surface area contributed by atoms with Crippen LogP contribution in [0.25, 0.3) is 0 Å². The van der Waals surface area contributed by atoms with Crippen LogP contribution in [0, 0.1) is 6.92 Å².